The van der Waals surface area contributed by atoms with Gasteiger partial charge in [0.25, 0.3) is 9.05 Å². The molecule has 0 aliphatic carbocycles. The van der Waals surface area contributed by atoms with Gasteiger partial charge in [-0.1, -0.05) is 6.08 Å². The van der Waals surface area contributed by atoms with Crippen molar-refractivity contribution < 1.29 is 8.42 Å². The van der Waals surface area contributed by atoms with Crippen LogP contribution in [0.15, 0.2) is 11.5 Å². The van der Waals surface area contributed by atoms with Crippen LogP contribution in [-0.4, -0.2) is 33.5 Å². The Labute approximate surface area is 77.4 Å². The minimum atomic E-state index is -3.46. The zero-order valence-corrected chi connectivity index (χ0v) is 8.48. The minimum absolute atomic E-state index is 0.337. The van der Waals surface area contributed by atoms with Crippen molar-refractivity contribution in [3.05, 3.63) is 11.5 Å². The molecule has 1 fully saturated rings. The molecule has 70 valence electrons. The number of nitrogens with zero attached hydrogens (tertiary/aromatic N) is 1. The van der Waals surface area contributed by atoms with Crippen LogP contribution in [0.5, 0.6) is 0 Å². The number of halogens is 1. The van der Waals surface area contributed by atoms with E-state index in [1.165, 1.54) is 0 Å². The molecule has 0 aromatic carbocycles. The molecule has 0 saturated carbocycles. The quantitative estimate of drug-likeness (QED) is 0.638. The second kappa shape index (κ2) is 3.77. The summed E-state index contributed by atoms with van der Waals surface area (Å²) >= 11 is 0. The number of rotatable bonds is 2. The molecule has 0 N–H and O–H groups in total. The van der Waals surface area contributed by atoms with Crippen molar-refractivity contribution >= 4 is 19.7 Å². The van der Waals surface area contributed by atoms with E-state index in [1.807, 2.05) is 7.05 Å². The third-order valence-electron chi connectivity index (χ3n) is 1.94. The molecule has 0 aromatic rings. The molecule has 5 heteroatoms. The van der Waals surface area contributed by atoms with Gasteiger partial charge in [0.15, 0.2) is 0 Å². The second-order valence-electron chi connectivity index (χ2n) is 3.12. The molecule has 1 atom stereocenters. The topological polar surface area (TPSA) is 37.4 Å². The summed E-state index contributed by atoms with van der Waals surface area (Å²) in [5.74, 6) is 0.337. The van der Waals surface area contributed by atoms with Gasteiger partial charge in [-0.25, -0.2) is 8.42 Å². The van der Waals surface area contributed by atoms with Crippen molar-refractivity contribution in [1.29, 1.82) is 0 Å². The van der Waals surface area contributed by atoms with Crippen LogP contribution in [0.2, 0.25) is 0 Å². The fourth-order valence-electron chi connectivity index (χ4n) is 1.33. The maximum atomic E-state index is 10.5. The van der Waals surface area contributed by atoms with Gasteiger partial charge in [0.1, 0.15) is 0 Å². The van der Waals surface area contributed by atoms with Gasteiger partial charge in [-0.05, 0) is 25.9 Å². The highest BCUT2D eigenvalue weighted by Crippen LogP contribution is 2.16. The Balaban J connectivity index is 2.48. The van der Waals surface area contributed by atoms with Crippen molar-refractivity contribution in [1.82, 2.24) is 4.90 Å². The summed E-state index contributed by atoms with van der Waals surface area (Å²) in [6.45, 7) is 1.94. The van der Waals surface area contributed by atoms with Crippen molar-refractivity contribution in [3.63, 3.8) is 0 Å². The molecule has 0 bridgehead atoms. The van der Waals surface area contributed by atoms with Gasteiger partial charge in [0.2, 0.25) is 0 Å². The van der Waals surface area contributed by atoms with Crippen molar-refractivity contribution in [2.24, 2.45) is 5.92 Å². The fourth-order valence-corrected chi connectivity index (χ4v) is 1.92. The molecule has 1 unspecified atom stereocenters. The average molecular weight is 210 g/mol. The zero-order chi connectivity index (χ0) is 9.19. The monoisotopic (exact) mass is 209 g/mol. The normalized spacial score (nSPS) is 27.0. The molecule has 0 amide bonds. The molecular weight excluding hydrogens is 198 g/mol. The summed E-state index contributed by atoms with van der Waals surface area (Å²) in [7, 11) is 3.58. The molecule has 3 nitrogen and oxygen atoms in total. The lowest BCUT2D eigenvalue weighted by atomic mass is 10.1. The third-order valence-corrected chi connectivity index (χ3v) is 2.73. The van der Waals surface area contributed by atoms with Gasteiger partial charge >= 0.3 is 0 Å². The standard InChI is InChI=1S/C7H12ClNO2S/c1-9-4-2-7(6-9)3-5-12(8,10)11/h3,5,7H,2,4,6H2,1H3/b5-3-. The van der Waals surface area contributed by atoms with E-state index in [4.69, 9.17) is 10.7 Å². The van der Waals surface area contributed by atoms with E-state index in [2.05, 4.69) is 4.90 Å². The molecular formula is C7H12ClNO2S. The van der Waals surface area contributed by atoms with Crippen molar-refractivity contribution in [2.45, 2.75) is 6.42 Å². The predicted octanol–water partition coefficient (Wildman–Crippen LogP) is 1.02. The lowest BCUT2D eigenvalue weighted by molar-refractivity contribution is 0.408. The highest BCUT2D eigenvalue weighted by atomic mass is 35.7. The molecule has 0 aromatic heterocycles. The highest BCUT2D eigenvalue weighted by Gasteiger charge is 2.16. The summed E-state index contributed by atoms with van der Waals surface area (Å²) in [4.78, 5) is 2.16. The van der Waals surface area contributed by atoms with Gasteiger partial charge in [-0.2, -0.15) is 0 Å². The SMILES string of the molecule is CN1CCC(/C=C\S(=O)(=O)Cl)C1. The molecule has 1 aliphatic heterocycles. The summed E-state index contributed by atoms with van der Waals surface area (Å²) in [6, 6.07) is 0. The minimum Gasteiger partial charge on any atom is -0.306 e. The van der Waals surface area contributed by atoms with E-state index in [9.17, 15) is 8.42 Å². The molecule has 0 spiro atoms. The van der Waals surface area contributed by atoms with E-state index in [1.54, 1.807) is 6.08 Å². The Hall–Kier alpha value is -0.0600. The Morgan fingerprint density at radius 1 is 1.58 bits per heavy atom. The molecule has 1 aliphatic rings. The van der Waals surface area contributed by atoms with Gasteiger partial charge < -0.3 is 4.90 Å². The van der Waals surface area contributed by atoms with Gasteiger partial charge in [-0.15, -0.1) is 0 Å². The van der Waals surface area contributed by atoms with Crippen LogP contribution in [0, 0.1) is 5.92 Å². The third kappa shape index (κ3) is 3.56. The Bertz CT molecular complexity index is 273. The van der Waals surface area contributed by atoms with Crippen LogP contribution in [0.4, 0.5) is 0 Å². The first kappa shape index (κ1) is 10.0. The summed E-state index contributed by atoms with van der Waals surface area (Å²) in [5.41, 5.74) is 0. The van der Waals surface area contributed by atoms with Crippen LogP contribution in [0.25, 0.3) is 0 Å². The second-order valence-corrected chi connectivity index (χ2v) is 5.63. The van der Waals surface area contributed by atoms with Crippen molar-refractivity contribution in [3.8, 4) is 0 Å². The van der Waals surface area contributed by atoms with Crippen LogP contribution in [0.3, 0.4) is 0 Å². The Kier molecular flexibility index (Phi) is 3.15. The largest absolute Gasteiger partial charge is 0.306 e. The smallest absolute Gasteiger partial charge is 0.254 e. The van der Waals surface area contributed by atoms with Crippen molar-refractivity contribution in [2.75, 3.05) is 20.1 Å². The van der Waals surface area contributed by atoms with Gasteiger partial charge in [-0.3, -0.25) is 0 Å². The first-order valence-corrected chi connectivity index (χ1v) is 6.16. The first-order valence-electron chi connectivity index (χ1n) is 3.79. The summed E-state index contributed by atoms with van der Waals surface area (Å²) in [6.07, 6.45) is 2.69. The highest BCUT2D eigenvalue weighted by molar-refractivity contribution is 8.16. The first-order chi connectivity index (χ1) is 5.47. The van der Waals surface area contributed by atoms with Gasteiger partial charge in [0.05, 0.1) is 0 Å². The maximum Gasteiger partial charge on any atom is 0.254 e. The van der Waals surface area contributed by atoms with Crippen LogP contribution >= 0.6 is 10.7 Å². The maximum absolute atomic E-state index is 10.5. The molecule has 1 rings (SSSR count). The van der Waals surface area contributed by atoms with E-state index >= 15 is 0 Å². The van der Waals surface area contributed by atoms with E-state index in [0.717, 1.165) is 24.9 Å². The molecule has 1 saturated heterocycles. The summed E-state index contributed by atoms with van der Waals surface area (Å²) < 4.78 is 21.1. The Morgan fingerprint density at radius 3 is 2.67 bits per heavy atom. The fraction of sp³-hybridized carbons (Fsp3) is 0.714. The molecule has 1 heterocycles. The molecule has 12 heavy (non-hydrogen) atoms. The van der Waals surface area contributed by atoms with E-state index in [0.29, 0.717) is 5.92 Å². The van der Waals surface area contributed by atoms with E-state index < -0.39 is 9.05 Å². The Morgan fingerprint density at radius 2 is 2.25 bits per heavy atom. The predicted molar refractivity (Wildman–Crippen MR) is 49.5 cm³/mol. The number of hydrogen-bond acceptors (Lipinski definition) is 3. The number of likely N-dealkylation sites (tertiary alicyclic amines) is 1. The summed E-state index contributed by atoms with van der Waals surface area (Å²) in [5, 5.41) is 1.08. The van der Waals surface area contributed by atoms with Gasteiger partial charge in [0, 0.05) is 22.6 Å². The zero-order valence-electron chi connectivity index (χ0n) is 6.90. The van der Waals surface area contributed by atoms with E-state index in [-0.39, 0.29) is 0 Å². The lowest BCUT2D eigenvalue weighted by Gasteiger charge is -2.04. The van der Waals surface area contributed by atoms with Crippen LogP contribution < -0.4 is 0 Å². The lowest BCUT2D eigenvalue weighted by Crippen LogP contribution is -2.13. The number of hydrogen-bond donors (Lipinski definition) is 0. The average Bonchev–Trinajstić information content (AvgIpc) is 2.30. The van der Waals surface area contributed by atoms with Crippen LogP contribution in [-0.2, 0) is 9.05 Å². The van der Waals surface area contributed by atoms with Crippen LogP contribution in [0.1, 0.15) is 6.42 Å². The molecule has 0 radical (unpaired) electrons.